The Morgan fingerprint density at radius 2 is 1.41 bits per heavy atom. The highest BCUT2D eigenvalue weighted by Crippen LogP contribution is 2.28. The topological polar surface area (TPSA) is 86.8 Å². The fourth-order valence-electron chi connectivity index (χ4n) is 5.18. The minimum absolute atomic E-state index is 0.0422. The molecule has 0 heterocycles. The summed E-state index contributed by atoms with van der Waals surface area (Å²) in [4.78, 5) is 30.1. The third-order valence-electron chi connectivity index (χ3n) is 7.23. The number of amides is 2. The second-order valence-electron chi connectivity index (χ2n) is 12.4. The zero-order valence-electron chi connectivity index (χ0n) is 26.6. The molecule has 0 saturated heterocycles. The molecule has 4 rings (SSSR count). The summed E-state index contributed by atoms with van der Waals surface area (Å²) in [7, 11) is -4.19. The highest BCUT2D eigenvalue weighted by molar-refractivity contribution is 7.92. The molecule has 4 aromatic rings. The van der Waals surface area contributed by atoms with Gasteiger partial charge in [-0.1, -0.05) is 83.9 Å². The first kappa shape index (κ1) is 35.0. The fraction of sp³-hybridized carbons (Fsp3) is 0.278. The van der Waals surface area contributed by atoms with Gasteiger partial charge >= 0.3 is 0 Å². The summed E-state index contributed by atoms with van der Waals surface area (Å²) in [5.74, 6) is -0.951. The largest absolute Gasteiger partial charge is 0.350 e. The smallest absolute Gasteiger partial charge is 0.264 e. The van der Waals surface area contributed by atoms with E-state index in [9.17, 15) is 18.0 Å². The van der Waals surface area contributed by atoms with Crippen molar-refractivity contribution in [2.24, 2.45) is 0 Å². The molecule has 0 aromatic heterocycles. The van der Waals surface area contributed by atoms with Gasteiger partial charge in [0.2, 0.25) is 11.8 Å². The van der Waals surface area contributed by atoms with Crippen LogP contribution in [-0.2, 0) is 32.6 Å². The molecule has 0 radical (unpaired) electrons. The van der Waals surface area contributed by atoms with E-state index in [0.29, 0.717) is 21.3 Å². The minimum atomic E-state index is -4.19. The second-order valence-corrected chi connectivity index (χ2v) is 15.1. The first-order valence-corrected chi connectivity index (χ1v) is 17.1. The van der Waals surface area contributed by atoms with Gasteiger partial charge in [-0.25, -0.2) is 8.42 Å². The lowest BCUT2D eigenvalue weighted by Gasteiger charge is -2.35. The molecule has 0 bridgehead atoms. The van der Waals surface area contributed by atoms with E-state index in [4.69, 9.17) is 23.2 Å². The lowest BCUT2D eigenvalue weighted by Crippen LogP contribution is -2.56. The zero-order valence-corrected chi connectivity index (χ0v) is 29.0. The first-order chi connectivity index (χ1) is 21.6. The van der Waals surface area contributed by atoms with Crippen LogP contribution in [0.1, 0.15) is 43.0 Å². The molecule has 7 nitrogen and oxygen atoms in total. The molecular formula is C36H39Cl2N3O4S. The average Bonchev–Trinajstić information content (AvgIpc) is 2.98. The number of carbonyl (C=O) groups is 2. The maximum atomic E-state index is 14.6. The highest BCUT2D eigenvalue weighted by Gasteiger charge is 2.36. The maximum Gasteiger partial charge on any atom is 0.264 e. The third kappa shape index (κ3) is 9.12. The first-order valence-electron chi connectivity index (χ1n) is 14.9. The van der Waals surface area contributed by atoms with Gasteiger partial charge < -0.3 is 10.2 Å². The molecule has 10 heteroatoms. The second kappa shape index (κ2) is 14.7. The Labute approximate surface area is 282 Å². The monoisotopic (exact) mass is 679 g/mol. The number of anilines is 1. The van der Waals surface area contributed by atoms with Crippen molar-refractivity contribution in [3.8, 4) is 0 Å². The molecule has 0 aliphatic rings. The Bertz CT molecular complexity index is 1770. The molecule has 0 spiro atoms. The van der Waals surface area contributed by atoms with Crippen LogP contribution in [0.15, 0.2) is 102 Å². The quantitative estimate of drug-likeness (QED) is 0.179. The van der Waals surface area contributed by atoms with Crippen molar-refractivity contribution in [1.29, 1.82) is 0 Å². The van der Waals surface area contributed by atoms with Gasteiger partial charge in [-0.05, 0) is 93.3 Å². The predicted octanol–water partition coefficient (Wildman–Crippen LogP) is 7.36. The third-order valence-corrected chi connectivity index (χ3v) is 9.60. The van der Waals surface area contributed by atoms with Gasteiger partial charge in [0.05, 0.1) is 10.6 Å². The van der Waals surface area contributed by atoms with E-state index in [0.717, 1.165) is 21.0 Å². The Kier molecular flexibility index (Phi) is 11.2. The molecule has 46 heavy (non-hydrogen) atoms. The molecule has 2 amide bonds. The normalized spacial score (nSPS) is 12.3. The van der Waals surface area contributed by atoms with Crippen molar-refractivity contribution in [3.05, 3.63) is 129 Å². The number of benzene rings is 4. The van der Waals surface area contributed by atoms with Gasteiger partial charge in [-0.3, -0.25) is 13.9 Å². The summed E-state index contributed by atoms with van der Waals surface area (Å²) in [6, 6.07) is 26.7. The van der Waals surface area contributed by atoms with Crippen molar-refractivity contribution in [2.75, 3.05) is 10.8 Å². The van der Waals surface area contributed by atoms with Crippen molar-refractivity contribution < 1.29 is 18.0 Å². The molecule has 242 valence electrons. The summed E-state index contributed by atoms with van der Waals surface area (Å²) in [5, 5.41) is 3.77. The van der Waals surface area contributed by atoms with Crippen molar-refractivity contribution >= 4 is 50.7 Å². The summed E-state index contributed by atoms with van der Waals surface area (Å²) in [6.07, 6.45) is 0.189. The number of halogens is 2. The van der Waals surface area contributed by atoms with Crippen LogP contribution in [0.4, 0.5) is 5.69 Å². The minimum Gasteiger partial charge on any atom is -0.350 e. The molecule has 0 aliphatic carbocycles. The van der Waals surface area contributed by atoms with Crippen LogP contribution >= 0.6 is 23.2 Å². The van der Waals surface area contributed by atoms with Crippen LogP contribution in [0, 0.1) is 13.8 Å². The molecule has 0 saturated carbocycles. The van der Waals surface area contributed by atoms with Crippen LogP contribution in [0.3, 0.4) is 0 Å². The lowest BCUT2D eigenvalue weighted by atomic mass is 10.0. The average molecular weight is 681 g/mol. The van der Waals surface area contributed by atoms with Gasteiger partial charge in [-0.2, -0.15) is 0 Å². The van der Waals surface area contributed by atoms with Crippen LogP contribution < -0.4 is 9.62 Å². The zero-order chi connectivity index (χ0) is 33.6. The molecule has 1 N–H and O–H groups in total. The summed E-state index contributed by atoms with van der Waals surface area (Å²) >= 11 is 12.8. The fourth-order valence-corrected chi connectivity index (χ4v) is 7.07. The summed E-state index contributed by atoms with van der Waals surface area (Å²) < 4.78 is 29.5. The summed E-state index contributed by atoms with van der Waals surface area (Å²) in [5.41, 5.74) is 2.82. The van der Waals surface area contributed by atoms with Gasteiger partial charge in [0.25, 0.3) is 10.0 Å². The number of aryl methyl sites for hydroxylation is 2. The Hall–Kier alpha value is -3.85. The van der Waals surface area contributed by atoms with E-state index in [-0.39, 0.29) is 23.8 Å². The summed E-state index contributed by atoms with van der Waals surface area (Å²) in [6.45, 7) is 8.71. The number of carbonyl (C=O) groups excluding carboxylic acids is 2. The van der Waals surface area contributed by atoms with Crippen LogP contribution in [0.5, 0.6) is 0 Å². The number of rotatable bonds is 11. The van der Waals surface area contributed by atoms with E-state index >= 15 is 0 Å². The number of sulfonamides is 1. The molecule has 0 aliphatic heterocycles. The van der Waals surface area contributed by atoms with E-state index in [2.05, 4.69) is 5.32 Å². The van der Waals surface area contributed by atoms with Crippen molar-refractivity contribution in [2.45, 2.75) is 64.1 Å². The predicted molar refractivity (Wildman–Crippen MR) is 186 cm³/mol. The van der Waals surface area contributed by atoms with Gasteiger partial charge in [0.15, 0.2) is 0 Å². The van der Waals surface area contributed by atoms with E-state index in [1.165, 1.54) is 17.0 Å². The van der Waals surface area contributed by atoms with Crippen LogP contribution in [0.2, 0.25) is 10.0 Å². The number of hydrogen-bond donors (Lipinski definition) is 1. The molecule has 4 aromatic carbocycles. The Morgan fingerprint density at radius 1 is 0.826 bits per heavy atom. The maximum absolute atomic E-state index is 14.6. The number of nitrogens with zero attached hydrogens (tertiary/aromatic N) is 2. The van der Waals surface area contributed by atoms with Crippen molar-refractivity contribution in [3.63, 3.8) is 0 Å². The van der Waals surface area contributed by atoms with E-state index < -0.39 is 34.1 Å². The standard InChI is InChI=1S/C36H39Cl2N3O4S/c1-25-18-26(2)20-30(19-25)41(46(44,45)31-14-10-7-11-15-31)24-34(42)40(23-28-16-17-29(37)22-32(28)38)33(35(43)39-36(3,4)5)21-27-12-8-6-9-13-27/h6-20,22,33H,21,23-24H2,1-5H3,(H,39,43)/t33-/m1/s1. The van der Waals surface area contributed by atoms with Gasteiger partial charge in [0, 0.05) is 28.5 Å². The van der Waals surface area contributed by atoms with Gasteiger partial charge in [0.1, 0.15) is 12.6 Å². The molecule has 0 unspecified atom stereocenters. The van der Waals surface area contributed by atoms with E-state index in [1.54, 1.807) is 48.5 Å². The SMILES string of the molecule is Cc1cc(C)cc(N(CC(=O)N(Cc2ccc(Cl)cc2Cl)[C@H](Cc2ccccc2)C(=O)NC(C)(C)C)S(=O)(=O)c2ccccc2)c1. The lowest BCUT2D eigenvalue weighted by molar-refractivity contribution is -0.140. The number of nitrogens with one attached hydrogen (secondary N) is 1. The van der Waals surface area contributed by atoms with Gasteiger partial charge in [-0.15, -0.1) is 0 Å². The highest BCUT2D eigenvalue weighted by atomic mass is 35.5. The van der Waals surface area contributed by atoms with Crippen molar-refractivity contribution in [1.82, 2.24) is 10.2 Å². The number of hydrogen-bond acceptors (Lipinski definition) is 4. The van der Waals surface area contributed by atoms with E-state index in [1.807, 2.05) is 71.0 Å². The van der Waals surface area contributed by atoms with Crippen LogP contribution in [-0.4, -0.2) is 43.3 Å². The molecular weight excluding hydrogens is 641 g/mol. The Balaban J connectivity index is 1.86. The van der Waals surface area contributed by atoms with Crippen LogP contribution in [0.25, 0.3) is 0 Å². The molecule has 1 atom stereocenters. The molecule has 0 fully saturated rings. The Morgan fingerprint density at radius 3 is 1.98 bits per heavy atom.